The van der Waals surface area contributed by atoms with Gasteiger partial charge in [0.05, 0.1) is 31.3 Å². The van der Waals surface area contributed by atoms with E-state index in [9.17, 15) is 18.0 Å². The van der Waals surface area contributed by atoms with E-state index in [1.807, 2.05) is 0 Å². The Morgan fingerprint density at radius 1 is 1.10 bits per heavy atom. The van der Waals surface area contributed by atoms with E-state index in [2.05, 4.69) is 4.74 Å². The fourth-order valence-corrected chi connectivity index (χ4v) is 2.75. The van der Waals surface area contributed by atoms with Crippen LogP contribution < -0.4 is 0 Å². The van der Waals surface area contributed by atoms with Gasteiger partial charge in [0.2, 0.25) is 0 Å². The summed E-state index contributed by atoms with van der Waals surface area (Å²) in [6.07, 6.45) is 2.39. The first kappa shape index (κ1) is 16.9. The minimum atomic E-state index is -4.01. The molecule has 0 saturated heterocycles. The Morgan fingerprint density at radius 3 is 2.05 bits per heavy atom. The van der Waals surface area contributed by atoms with Crippen LogP contribution >= 0.6 is 0 Å². The Kier molecular flexibility index (Phi) is 6.41. The number of ether oxygens (including phenoxy) is 2. The van der Waals surface area contributed by atoms with Gasteiger partial charge in [0.1, 0.15) is 0 Å². The lowest BCUT2D eigenvalue weighted by Gasteiger charge is -2.25. The molecule has 1 aliphatic rings. The minimum Gasteiger partial charge on any atom is -0.469 e. The van der Waals surface area contributed by atoms with Gasteiger partial charge in [-0.25, -0.2) is 0 Å². The summed E-state index contributed by atoms with van der Waals surface area (Å²) >= 11 is 0. The van der Waals surface area contributed by atoms with Gasteiger partial charge in [-0.05, 0) is 32.1 Å². The third-order valence-electron chi connectivity index (χ3n) is 3.39. The average molecular weight is 308 g/mol. The van der Waals surface area contributed by atoms with Crippen LogP contribution in [0.2, 0.25) is 0 Å². The predicted octanol–water partition coefficient (Wildman–Crippen LogP) is 0.787. The molecule has 0 aromatic carbocycles. The number of carbonyl (C=O) groups excluding carboxylic acids is 2. The summed E-state index contributed by atoms with van der Waals surface area (Å²) in [5.41, 5.74) is 0. The highest BCUT2D eigenvalue weighted by Crippen LogP contribution is 2.30. The lowest BCUT2D eigenvalue weighted by molar-refractivity contribution is -0.153. The second-order valence-corrected chi connectivity index (χ2v) is 6.45. The molecular weight excluding hydrogens is 288 g/mol. The molecular formula is C12H20O7S. The number of hydrogen-bond donors (Lipinski definition) is 1. The van der Waals surface area contributed by atoms with Gasteiger partial charge in [-0.1, -0.05) is 0 Å². The zero-order valence-corrected chi connectivity index (χ0v) is 12.2. The van der Waals surface area contributed by atoms with E-state index in [0.29, 0.717) is 25.7 Å². The van der Waals surface area contributed by atoms with E-state index >= 15 is 0 Å². The minimum absolute atomic E-state index is 0.0322. The van der Waals surface area contributed by atoms with Crippen LogP contribution in [0.25, 0.3) is 0 Å². The molecule has 0 unspecified atom stereocenters. The molecule has 0 radical (unpaired) electrons. The van der Waals surface area contributed by atoms with Gasteiger partial charge in [0, 0.05) is 0 Å². The first-order valence-corrected chi connectivity index (χ1v) is 8.14. The lowest BCUT2D eigenvalue weighted by Crippen LogP contribution is -2.28. The van der Waals surface area contributed by atoms with Gasteiger partial charge in [-0.3, -0.25) is 14.1 Å². The van der Waals surface area contributed by atoms with Gasteiger partial charge in [-0.2, -0.15) is 8.42 Å². The van der Waals surface area contributed by atoms with E-state index in [1.165, 1.54) is 7.11 Å². The van der Waals surface area contributed by atoms with Crippen molar-refractivity contribution in [3.8, 4) is 0 Å². The Labute approximate surface area is 118 Å². The van der Waals surface area contributed by atoms with Gasteiger partial charge in [0.25, 0.3) is 10.1 Å². The van der Waals surface area contributed by atoms with Crippen molar-refractivity contribution in [3.05, 3.63) is 0 Å². The maximum atomic E-state index is 11.7. The molecule has 0 bridgehead atoms. The number of carbonyl (C=O) groups is 2. The Morgan fingerprint density at radius 2 is 1.60 bits per heavy atom. The maximum absolute atomic E-state index is 11.7. The number of esters is 2. The number of methoxy groups -OCH3 is 1. The Bertz CT molecular complexity index is 435. The Hall–Kier alpha value is -1.15. The van der Waals surface area contributed by atoms with E-state index in [1.54, 1.807) is 0 Å². The van der Waals surface area contributed by atoms with Crippen molar-refractivity contribution in [3.63, 3.8) is 0 Å². The van der Waals surface area contributed by atoms with Gasteiger partial charge < -0.3 is 9.47 Å². The predicted molar refractivity (Wildman–Crippen MR) is 69.5 cm³/mol. The quantitative estimate of drug-likeness (QED) is 0.439. The normalized spacial score (nSPS) is 23.1. The van der Waals surface area contributed by atoms with E-state index < -0.39 is 15.9 Å². The molecule has 0 aliphatic heterocycles. The van der Waals surface area contributed by atoms with Crippen LogP contribution in [0.1, 0.15) is 32.1 Å². The number of rotatable bonds is 6. The van der Waals surface area contributed by atoms with Crippen molar-refractivity contribution in [1.82, 2.24) is 0 Å². The molecule has 0 atom stereocenters. The van der Waals surface area contributed by atoms with Crippen LogP contribution in [0.5, 0.6) is 0 Å². The smallest absolute Gasteiger partial charge is 0.308 e. The third kappa shape index (κ3) is 5.87. The first-order valence-electron chi connectivity index (χ1n) is 6.53. The molecule has 7 nitrogen and oxygen atoms in total. The fraction of sp³-hybridized carbons (Fsp3) is 0.833. The molecule has 1 fully saturated rings. The van der Waals surface area contributed by atoms with Gasteiger partial charge in [-0.15, -0.1) is 0 Å². The molecule has 1 saturated carbocycles. The van der Waals surface area contributed by atoms with Crippen molar-refractivity contribution < 1.29 is 32.0 Å². The summed E-state index contributed by atoms with van der Waals surface area (Å²) in [6.45, 7) is -0.0322. The van der Waals surface area contributed by atoms with Crippen LogP contribution in [0.3, 0.4) is 0 Å². The van der Waals surface area contributed by atoms with Gasteiger partial charge in [0.15, 0.2) is 0 Å². The van der Waals surface area contributed by atoms with Gasteiger partial charge >= 0.3 is 11.9 Å². The van der Waals surface area contributed by atoms with E-state index in [0.717, 1.165) is 0 Å². The van der Waals surface area contributed by atoms with Crippen LogP contribution in [0, 0.1) is 11.8 Å². The SMILES string of the molecule is COC(=O)C1CCC(C(=O)OCCCS(=O)(=O)O)CC1. The fourth-order valence-electron chi connectivity index (χ4n) is 2.26. The molecule has 8 heteroatoms. The summed E-state index contributed by atoms with van der Waals surface area (Å²) in [5.74, 6) is -1.44. The zero-order valence-electron chi connectivity index (χ0n) is 11.4. The second kappa shape index (κ2) is 7.58. The summed E-state index contributed by atoms with van der Waals surface area (Å²) in [6, 6.07) is 0. The van der Waals surface area contributed by atoms with Crippen molar-refractivity contribution in [2.75, 3.05) is 19.5 Å². The summed E-state index contributed by atoms with van der Waals surface area (Å²) < 4.78 is 39.1. The van der Waals surface area contributed by atoms with Crippen molar-refractivity contribution in [2.45, 2.75) is 32.1 Å². The lowest BCUT2D eigenvalue weighted by atomic mass is 9.82. The molecule has 116 valence electrons. The standard InChI is InChI=1S/C12H20O7S/c1-18-11(13)9-3-5-10(6-4-9)12(14)19-7-2-8-20(15,16)17/h9-10H,2-8H2,1H3,(H,15,16,17). The molecule has 1 aliphatic carbocycles. The average Bonchev–Trinajstić information content (AvgIpc) is 2.41. The third-order valence-corrected chi connectivity index (χ3v) is 4.19. The highest BCUT2D eigenvalue weighted by Gasteiger charge is 2.31. The van der Waals surface area contributed by atoms with Crippen LogP contribution in [0.4, 0.5) is 0 Å². The van der Waals surface area contributed by atoms with E-state index in [-0.39, 0.29) is 36.8 Å². The highest BCUT2D eigenvalue weighted by atomic mass is 32.2. The van der Waals surface area contributed by atoms with Crippen molar-refractivity contribution in [2.24, 2.45) is 11.8 Å². The molecule has 0 aromatic rings. The van der Waals surface area contributed by atoms with E-state index in [4.69, 9.17) is 9.29 Å². The Balaban J connectivity index is 2.24. The van der Waals surface area contributed by atoms with Crippen LogP contribution in [-0.2, 0) is 29.2 Å². The summed E-state index contributed by atoms with van der Waals surface area (Å²) in [4.78, 5) is 23.0. The zero-order chi connectivity index (χ0) is 15.2. The summed E-state index contributed by atoms with van der Waals surface area (Å²) in [5, 5.41) is 0. The number of hydrogen-bond acceptors (Lipinski definition) is 6. The monoisotopic (exact) mass is 308 g/mol. The molecule has 1 N–H and O–H groups in total. The van der Waals surface area contributed by atoms with Crippen molar-refractivity contribution in [1.29, 1.82) is 0 Å². The van der Waals surface area contributed by atoms with Crippen LogP contribution in [-0.4, -0.2) is 44.4 Å². The second-order valence-electron chi connectivity index (χ2n) is 4.88. The molecule has 0 heterocycles. The molecule has 0 amide bonds. The molecule has 0 spiro atoms. The molecule has 1 rings (SSSR count). The largest absolute Gasteiger partial charge is 0.469 e. The maximum Gasteiger partial charge on any atom is 0.308 e. The first-order chi connectivity index (χ1) is 9.33. The van der Waals surface area contributed by atoms with Crippen molar-refractivity contribution >= 4 is 22.1 Å². The highest BCUT2D eigenvalue weighted by molar-refractivity contribution is 7.85. The molecule has 20 heavy (non-hydrogen) atoms. The van der Waals surface area contributed by atoms with Crippen LogP contribution in [0.15, 0.2) is 0 Å². The topological polar surface area (TPSA) is 107 Å². The molecule has 0 aromatic heterocycles. The summed E-state index contributed by atoms with van der Waals surface area (Å²) in [7, 11) is -2.66.